The molecule has 0 saturated heterocycles. The molecule has 0 bridgehead atoms. The quantitative estimate of drug-likeness (QED) is 0.504. The molecular weight excluding hydrogens is 172 g/mol. The number of hydrogen-bond donors (Lipinski definition) is 2. The molecule has 0 aromatic rings. The number of rotatable bonds is 8. The maximum Gasteiger partial charge on any atom is 0.243 e. The van der Waals surface area contributed by atoms with Crippen LogP contribution in [-0.4, -0.2) is 25.0 Å². The lowest BCUT2D eigenvalue weighted by molar-refractivity contribution is -0.122. The third-order valence-corrected chi connectivity index (χ3v) is 1.46. The average molecular weight is 188 g/mol. The summed E-state index contributed by atoms with van der Waals surface area (Å²) >= 11 is 0. The highest BCUT2D eigenvalue weighted by atomic mass is 16.5. The summed E-state index contributed by atoms with van der Waals surface area (Å²) in [6, 6.07) is 0. The summed E-state index contributed by atoms with van der Waals surface area (Å²) in [4.78, 5) is 20.5. The van der Waals surface area contributed by atoms with E-state index in [0.717, 1.165) is 19.3 Å². The first-order valence-electron chi connectivity index (χ1n) is 4.27. The number of unbranched alkanes of at least 4 members (excludes halogenated alkanes) is 2. The lowest BCUT2D eigenvalue weighted by Gasteiger charge is -2.00. The molecule has 0 heterocycles. The molecule has 0 aliphatic carbocycles. The number of carbonyl (C=O) groups excluding carboxylic acids is 2. The predicted octanol–water partition coefficient (Wildman–Crippen LogP) is -0.466. The highest BCUT2D eigenvalue weighted by molar-refractivity contribution is 5.75. The molecule has 0 radical (unpaired) electrons. The summed E-state index contributed by atoms with van der Waals surface area (Å²) in [5.74, 6) is -0.741. The van der Waals surface area contributed by atoms with Crippen LogP contribution in [0.1, 0.15) is 25.7 Å². The standard InChI is InChI=1S/C8H16N2O3/c9-7(11)4-2-1-3-5-13-6-8(10)12/h1-6H2,(H2,9,11)(H2,10,12). The zero-order valence-electron chi connectivity index (χ0n) is 7.62. The van der Waals surface area contributed by atoms with E-state index in [1.807, 2.05) is 0 Å². The lowest BCUT2D eigenvalue weighted by atomic mass is 10.2. The Labute approximate surface area is 77.4 Å². The van der Waals surface area contributed by atoms with E-state index in [4.69, 9.17) is 16.2 Å². The van der Waals surface area contributed by atoms with Crippen LogP contribution in [0.25, 0.3) is 0 Å². The third kappa shape index (κ3) is 10.9. The maximum absolute atomic E-state index is 10.3. The Kier molecular flexibility index (Phi) is 6.91. The molecule has 0 fully saturated rings. The molecule has 5 nitrogen and oxygen atoms in total. The maximum atomic E-state index is 10.3. The molecule has 2 amide bonds. The monoisotopic (exact) mass is 188 g/mol. The number of amides is 2. The fourth-order valence-electron chi connectivity index (χ4n) is 0.853. The van der Waals surface area contributed by atoms with E-state index < -0.39 is 5.91 Å². The summed E-state index contributed by atoms with van der Waals surface area (Å²) in [7, 11) is 0. The van der Waals surface area contributed by atoms with Crippen molar-refractivity contribution < 1.29 is 14.3 Å². The van der Waals surface area contributed by atoms with Gasteiger partial charge in [-0.15, -0.1) is 0 Å². The van der Waals surface area contributed by atoms with Gasteiger partial charge in [-0.05, 0) is 12.8 Å². The van der Waals surface area contributed by atoms with Gasteiger partial charge in [0.2, 0.25) is 11.8 Å². The molecule has 76 valence electrons. The molecule has 0 aromatic heterocycles. The Morgan fingerprint density at radius 3 is 2.23 bits per heavy atom. The summed E-state index contributed by atoms with van der Waals surface area (Å²) in [5, 5.41) is 0. The minimum Gasteiger partial charge on any atom is -0.372 e. The van der Waals surface area contributed by atoms with E-state index in [1.165, 1.54) is 0 Å². The molecule has 0 aromatic carbocycles. The Hall–Kier alpha value is -1.10. The molecule has 4 N–H and O–H groups in total. The van der Waals surface area contributed by atoms with Gasteiger partial charge in [0, 0.05) is 13.0 Å². The smallest absolute Gasteiger partial charge is 0.243 e. The van der Waals surface area contributed by atoms with E-state index >= 15 is 0 Å². The second-order valence-corrected chi connectivity index (χ2v) is 2.80. The molecule has 13 heavy (non-hydrogen) atoms. The number of carbonyl (C=O) groups is 2. The molecular formula is C8H16N2O3. The van der Waals surface area contributed by atoms with E-state index in [0.29, 0.717) is 13.0 Å². The van der Waals surface area contributed by atoms with Gasteiger partial charge in [0.1, 0.15) is 6.61 Å². The minimum absolute atomic E-state index is 0.0319. The second-order valence-electron chi connectivity index (χ2n) is 2.80. The zero-order chi connectivity index (χ0) is 10.1. The van der Waals surface area contributed by atoms with Gasteiger partial charge in [-0.1, -0.05) is 6.42 Å². The molecule has 0 atom stereocenters. The van der Waals surface area contributed by atoms with Crippen molar-refractivity contribution in [1.82, 2.24) is 0 Å². The molecule has 0 aliphatic heterocycles. The van der Waals surface area contributed by atoms with Crippen LogP contribution in [0.4, 0.5) is 0 Å². The summed E-state index contributed by atoms with van der Waals surface area (Å²) in [6.07, 6.45) is 2.88. The van der Waals surface area contributed by atoms with Gasteiger partial charge in [-0.25, -0.2) is 0 Å². The largest absolute Gasteiger partial charge is 0.372 e. The lowest BCUT2D eigenvalue weighted by Crippen LogP contribution is -2.18. The number of primary amides is 2. The first-order valence-corrected chi connectivity index (χ1v) is 4.27. The van der Waals surface area contributed by atoms with Gasteiger partial charge in [0.25, 0.3) is 0 Å². The van der Waals surface area contributed by atoms with Gasteiger partial charge in [-0.3, -0.25) is 9.59 Å². The fraction of sp³-hybridized carbons (Fsp3) is 0.750. The normalized spacial score (nSPS) is 9.85. The van der Waals surface area contributed by atoms with Crippen molar-refractivity contribution >= 4 is 11.8 Å². The van der Waals surface area contributed by atoms with Crippen molar-refractivity contribution in [1.29, 1.82) is 0 Å². The Bertz CT molecular complexity index is 153. The Morgan fingerprint density at radius 1 is 1.00 bits per heavy atom. The topological polar surface area (TPSA) is 95.4 Å². The van der Waals surface area contributed by atoms with Crippen LogP contribution in [0.3, 0.4) is 0 Å². The van der Waals surface area contributed by atoms with Crippen LogP contribution in [-0.2, 0) is 14.3 Å². The van der Waals surface area contributed by atoms with Gasteiger partial charge >= 0.3 is 0 Å². The number of nitrogens with two attached hydrogens (primary N) is 2. The van der Waals surface area contributed by atoms with Crippen molar-refractivity contribution in [2.24, 2.45) is 11.5 Å². The zero-order valence-corrected chi connectivity index (χ0v) is 7.62. The number of ether oxygens (including phenoxy) is 1. The third-order valence-electron chi connectivity index (χ3n) is 1.46. The van der Waals surface area contributed by atoms with Gasteiger partial charge in [0.15, 0.2) is 0 Å². The minimum atomic E-state index is -0.461. The van der Waals surface area contributed by atoms with Crippen molar-refractivity contribution in [3.8, 4) is 0 Å². The van der Waals surface area contributed by atoms with E-state index in [2.05, 4.69) is 0 Å². The van der Waals surface area contributed by atoms with Gasteiger partial charge in [0.05, 0.1) is 0 Å². The summed E-state index contributed by atoms with van der Waals surface area (Å²) in [6.45, 7) is 0.470. The van der Waals surface area contributed by atoms with Crippen LogP contribution in [0.2, 0.25) is 0 Å². The van der Waals surface area contributed by atoms with Crippen LogP contribution in [0.15, 0.2) is 0 Å². The Morgan fingerprint density at radius 2 is 1.69 bits per heavy atom. The summed E-state index contributed by atoms with van der Waals surface area (Å²) < 4.78 is 4.91. The molecule has 0 saturated carbocycles. The molecule has 0 rings (SSSR count). The highest BCUT2D eigenvalue weighted by Crippen LogP contribution is 1.98. The van der Waals surface area contributed by atoms with Crippen molar-refractivity contribution in [3.05, 3.63) is 0 Å². The molecule has 0 aliphatic rings. The fourth-order valence-corrected chi connectivity index (χ4v) is 0.853. The highest BCUT2D eigenvalue weighted by Gasteiger charge is 1.96. The van der Waals surface area contributed by atoms with E-state index in [9.17, 15) is 9.59 Å². The average Bonchev–Trinajstić information content (AvgIpc) is 2.01. The van der Waals surface area contributed by atoms with Crippen molar-refractivity contribution in [2.75, 3.05) is 13.2 Å². The van der Waals surface area contributed by atoms with E-state index in [1.54, 1.807) is 0 Å². The molecule has 0 spiro atoms. The molecule has 0 unspecified atom stereocenters. The number of hydrogen-bond acceptors (Lipinski definition) is 3. The van der Waals surface area contributed by atoms with Crippen molar-refractivity contribution in [3.63, 3.8) is 0 Å². The second kappa shape index (κ2) is 7.54. The van der Waals surface area contributed by atoms with Crippen molar-refractivity contribution in [2.45, 2.75) is 25.7 Å². The van der Waals surface area contributed by atoms with Crippen LogP contribution in [0.5, 0.6) is 0 Å². The van der Waals surface area contributed by atoms with Gasteiger partial charge < -0.3 is 16.2 Å². The van der Waals surface area contributed by atoms with Crippen LogP contribution < -0.4 is 11.5 Å². The molecule has 5 heteroatoms. The Balaban J connectivity index is 3.00. The van der Waals surface area contributed by atoms with Crippen LogP contribution >= 0.6 is 0 Å². The van der Waals surface area contributed by atoms with Crippen LogP contribution in [0, 0.1) is 0 Å². The first kappa shape index (κ1) is 11.9. The van der Waals surface area contributed by atoms with Gasteiger partial charge in [-0.2, -0.15) is 0 Å². The first-order chi connectivity index (χ1) is 6.13. The predicted molar refractivity (Wildman–Crippen MR) is 47.7 cm³/mol. The SMILES string of the molecule is NC(=O)CCCCCOCC(N)=O. The van der Waals surface area contributed by atoms with E-state index in [-0.39, 0.29) is 12.5 Å². The summed E-state index contributed by atoms with van der Waals surface area (Å²) in [5.41, 5.74) is 9.79.